The van der Waals surface area contributed by atoms with Crippen molar-refractivity contribution >= 4 is 11.6 Å². The highest BCUT2D eigenvalue weighted by Gasteiger charge is 2.54. The number of alkyl halides is 3. The maximum absolute atomic E-state index is 14.2. The van der Waals surface area contributed by atoms with Crippen LogP contribution in [-0.2, 0) is 31.7 Å². The van der Waals surface area contributed by atoms with E-state index in [1.54, 1.807) is 18.5 Å². The molecule has 2 fully saturated rings. The topological polar surface area (TPSA) is 63.1 Å². The molecule has 0 unspecified atom stereocenters. The predicted octanol–water partition coefficient (Wildman–Crippen LogP) is 6.13. The van der Waals surface area contributed by atoms with Crippen LogP contribution in [0.5, 0.6) is 0 Å². The molecule has 39 heavy (non-hydrogen) atoms. The van der Waals surface area contributed by atoms with E-state index in [-0.39, 0.29) is 34.0 Å². The van der Waals surface area contributed by atoms with Gasteiger partial charge in [-0.25, -0.2) is 0 Å². The van der Waals surface area contributed by atoms with E-state index >= 15 is 0 Å². The molecule has 2 heterocycles. The van der Waals surface area contributed by atoms with E-state index in [1.165, 1.54) is 11.0 Å². The highest BCUT2D eigenvalue weighted by atomic mass is 19.4. The Kier molecular flexibility index (Phi) is 5.78. The second-order valence-corrected chi connectivity index (χ2v) is 12.7. The molecule has 2 aromatic carbocycles. The number of aryl methyl sites for hydroxylation is 1. The van der Waals surface area contributed by atoms with Crippen molar-refractivity contribution in [3.63, 3.8) is 0 Å². The summed E-state index contributed by atoms with van der Waals surface area (Å²) in [6.07, 6.45) is 1.97. The van der Waals surface area contributed by atoms with E-state index < -0.39 is 17.6 Å². The van der Waals surface area contributed by atoms with Gasteiger partial charge >= 0.3 is 6.18 Å². The molecule has 1 aromatic heterocycles. The Morgan fingerprint density at radius 2 is 1.82 bits per heavy atom. The average Bonchev–Trinajstić information content (AvgIpc) is 3.42. The fourth-order valence-corrected chi connectivity index (χ4v) is 6.99. The number of amides is 1. The molecule has 3 aliphatic rings. The largest absolute Gasteiger partial charge is 0.416 e. The molecule has 1 N–H and O–H groups in total. The Bertz CT molecular complexity index is 1450. The first-order valence-electron chi connectivity index (χ1n) is 13.6. The summed E-state index contributed by atoms with van der Waals surface area (Å²) in [5.74, 6) is 0.456. The quantitative estimate of drug-likeness (QED) is 0.411. The molecule has 2 aliphatic carbocycles. The smallest absolute Gasteiger partial charge is 0.320 e. The van der Waals surface area contributed by atoms with Crippen LogP contribution in [0.15, 0.2) is 42.7 Å². The summed E-state index contributed by atoms with van der Waals surface area (Å²) in [6, 6.07) is 10.5. The van der Waals surface area contributed by atoms with Crippen LogP contribution in [0.2, 0.25) is 0 Å². The zero-order chi connectivity index (χ0) is 27.8. The molecule has 0 saturated heterocycles. The van der Waals surface area contributed by atoms with Gasteiger partial charge in [-0.2, -0.15) is 13.2 Å². The van der Waals surface area contributed by atoms with Gasteiger partial charge < -0.3 is 14.8 Å². The molecule has 9 heteroatoms. The first kappa shape index (κ1) is 26.0. The molecule has 1 amide bonds. The lowest BCUT2D eigenvalue weighted by Gasteiger charge is -2.53. The van der Waals surface area contributed by atoms with Crippen LogP contribution in [0.3, 0.4) is 0 Å². The third-order valence-corrected chi connectivity index (χ3v) is 8.99. The number of nitrogens with zero attached hydrogens (tertiary/aromatic N) is 4. The van der Waals surface area contributed by atoms with Gasteiger partial charge in [-0.15, -0.1) is 10.2 Å². The normalized spacial score (nSPS) is 20.9. The molecule has 6 rings (SSSR count). The number of carbonyl (C=O) groups excluding carboxylic acids is 1. The minimum Gasteiger partial charge on any atom is -0.320 e. The van der Waals surface area contributed by atoms with Crippen LogP contribution in [-0.4, -0.2) is 26.2 Å². The zero-order valence-electron chi connectivity index (χ0n) is 22.8. The average molecular weight is 538 g/mol. The van der Waals surface area contributed by atoms with Gasteiger partial charge in [-0.05, 0) is 85.4 Å². The molecule has 0 spiro atoms. The standard InChI is InChI=1S/C30H34F3N5O/c1-27(2)16-29(17-27,26-36-35-18-37(26)4)20-7-5-8-21(13-20)38-15-23-22(25(38)39)11-19(12-24(23)30(31,32)33)14-34-28(3)9-6-10-28/h5,7-8,11-13,18,34H,6,9-10,14-17H2,1-4H3. The lowest BCUT2D eigenvalue weighted by molar-refractivity contribution is -0.138. The van der Waals surface area contributed by atoms with Gasteiger partial charge in [0.25, 0.3) is 5.91 Å². The van der Waals surface area contributed by atoms with Crippen molar-refractivity contribution in [3.05, 3.63) is 76.4 Å². The van der Waals surface area contributed by atoms with E-state index in [0.717, 1.165) is 43.5 Å². The molecule has 0 radical (unpaired) electrons. The molecular formula is C30H34F3N5O. The number of aromatic nitrogens is 3. The molecule has 2 saturated carbocycles. The van der Waals surface area contributed by atoms with Crippen LogP contribution < -0.4 is 10.2 Å². The second kappa shape index (κ2) is 8.65. The van der Waals surface area contributed by atoms with Gasteiger partial charge in [0.05, 0.1) is 17.5 Å². The van der Waals surface area contributed by atoms with Crippen molar-refractivity contribution in [1.82, 2.24) is 20.1 Å². The summed E-state index contributed by atoms with van der Waals surface area (Å²) >= 11 is 0. The van der Waals surface area contributed by atoms with Crippen LogP contribution >= 0.6 is 0 Å². The molecular weight excluding hydrogens is 503 g/mol. The summed E-state index contributed by atoms with van der Waals surface area (Å²) in [5, 5.41) is 11.9. The maximum atomic E-state index is 14.2. The van der Waals surface area contributed by atoms with Crippen LogP contribution in [0.1, 0.15) is 91.3 Å². The Morgan fingerprint density at radius 1 is 1.08 bits per heavy atom. The third-order valence-electron chi connectivity index (χ3n) is 8.99. The number of anilines is 1. The Balaban J connectivity index is 1.35. The molecule has 1 aliphatic heterocycles. The van der Waals surface area contributed by atoms with Crippen molar-refractivity contribution in [2.45, 2.75) is 83.1 Å². The minimum absolute atomic E-state index is 0.0456. The Morgan fingerprint density at radius 3 is 2.41 bits per heavy atom. The molecule has 3 aromatic rings. The number of nitrogens with one attached hydrogen (secondary N) is 1. The third kappa shape index (κ3) is 4.35. The Hall–Kier alpha value is -3.20. The van der Waals surface area contributed by atoms with E-state index in [0.29, 0.717) is 17.8 Å². The lowest BCUT2D eigenvalue weighted by atomic mass is 9.51. The summed E-state index contributed by atoms with van der Waals surface area (Å²) in [7, 11) is 1.92. The van der Waals surface area contributed by atoms with Crippen molar-refractivity contribution in [1.29, 1.82) is 0 Å². The summed E-state index contributed by atoms with van der Waals surface area (Å²) < 4.78 is 44.5. The van der Waals surface area contributed by atoms with Crippen molar-refractivity contribution in [2.24, 2.45) is 12.5 Å². The number of carbonyl (C=O) groups is 1. The summed E-state index contributed by atoms with van der Waals surface area (Å²) in [5.41, 5.74) is 1.22. The number of halogens is 3. The van der Waals surface area contributed by atoms with Crippen molar-refractivity contribution in [3.8, 4) is 0 Å². The lowest BCUT2D eigenvalue weighted by Crippen LogP contribution is -2.49. The first-order valence-corrected chi connectivity index (χ1v) is 13.6. The number of hydrogen-bond acceptors (Lipinski definition) is 4. The number of rotatable bonds is 6. The zero-order valence-corrected chi connectivity index (χ0v) is 22.8. The van der Waals surface area contributed by atoms with Crippen molar-refractivity contribution < 1.29 is 18.0 Å². The molecule has 0 atom stereocenters. The molecule has 206 valence electrons. The second-order valence-electron chi connectivity index (χ2n) is 12.7. The summed E-state index contributed by atoms with van der Waals surface area (Å²) in [4.78, 5) is 15.1. The monoisotopic (exact) mass is 537 g/mol. The van der Waals surface area contributed by atoms with E-state index in [1.807, 2.05) is 29.8 Å². The van der Waals surface area contributed by atoms with Gasteiger partial charge in [0, 0.05) is 30.4 Å². The number of hydrogen-bond donors (Lipinski definition) is 1. The summed E-state index contributed by atoms with van der Waals surface area (Å²) in [6.45, 7) is 6.70. The van der Waals surface area contributed by atoms with Crippen LogP contribution in [0.25, 0.3) is 0 Å². The van der Waals surface area contributed by atoms with Gasteiger partial charge in [-0.1, -0.05) is 26.0 Å². The van der Waals surface area contributed by atoms with Crippen LogP contribution in [0, 0.1) is 5.41 Å². The number of benzene rings is 2. The van der Waals surface area contributed by atoms with E-state index in [2.05, 4.69) is 36.3 Å². The van der Waals surface area contributed by atoms with E-state index in [4.69, 9.17) is 0 Å². The fourth-order valence-electron chi connectivity index (χ4n) is 6.99. The molecule has 6 nitrogen and oxygen atoms in total. The van der Waals surface area contributed by atoms with Gasteiger partial charge in [0.15, 0.2) is 0 Å². The maximum Gasteiger partial charge on any atom is 0.416 e. The fraction of sp³-hybridized carbons (Fsp3) is 0.500. The number of fused-ring (bicyclic) bond motifs is 1. The first-order chi connectivity index (χ1) is 18.3. The minimum atomic E-state index is -4.55. The van der Waals surface area contributed by atoms with Crippen molar-refractivity contribution in [2.75, 3.05) is 4.90 Å². The van der Waals surface area contributed by atoms with Gasteiger partial charge in [0.2, 0.25) is 0 Å². The molecule has 0 bridgehead atoms. The highest BCUT2D eigenvalue weighted by molar-refractivity contribution is 6.10. The predicted molar refractivity (Wildman–Crippen MR) is 142 cm³/mol. The van der Waals surface area contributed by atoms with Crippen LogP contribution in [0.4, 0.5) is 18.9 Å². The highest BCUT2D eigenvalue weighted by Crippen LogP contribution is 2.58. The van der Waals surface area contributed by atoms with Gasteiger partial charge in [0.1, 0.15) is 12.2 Å². The Labute approximate surface area is 226 Å². The van der Waals surface area contributed by atoms with Gasteiger partial charge in [-0.3, -0.25) is 4.79 Å². The van der Waals surface area contributed by atoms with E-state index in [9.17, 15) is 18.0 Å². The SMILES string of the molecule is Cn1cnnc1C1(c2cccc(N3Cc4c(cc(CNC5(C)CCC5)cc4C(F)(F)F)C3=O)c2)CC(C)(C)C1.